The number of aromatic nitrogens is 5. The quantitative estimate of drug-likeness (QED) is 0.703. The number of hydrogen-bond donors (Lipinski definition) is 2. The summed E-state index contributed by atoms with van der Waals surface area (Å²) in [6, 6.07) is 3.85. The number of likely N-dealkylation sites (tertiary alicyclic amines) is 1. The summed E-state index contributed by atoms with van der Waals surface area (Å²) in [6.07, 6.45) is 5.53. The standard InChI is InChI=1S/C16H17N7O/c17-15(24)22-3-1-16(9-22)2-4-23-13(16)6-12(21-23)10-5-11-8-19-20-14(11)18-7-10/h5-8H,1-4,9H2,(H2,17,24)(H,18,19,20). The van der Waals surface area contributed by atoms with Crippen LogP contribution in [0, 0.1) is 0 Å². The molecule has 0 radical (unpaired) electrons. The van der Waals surface area contributed by atoms with Crippen LogP contribution < -0.4 is 5.73 Å². The Hall–Kier alpha value is -2.90. The number of pyridine rings is 1. The third-order valence-electron chi connectivity index (χ3n) is 5.38. The molecule has 0 bridgehead atoms. The number of H-pyrrole nitrogens is 1. The predicted octanol–water partition coefficient (Wildman–Crippen LogP) is 1.25. The monoisotopic (exact) mass is 323 g/mol. The smallest absolute Gasteiger partial charge is 0.314 e. The summed E-state index contributed by atoms with van der Waals surface area (Å²) < 4.78 is 2.07. The van der Waals surface area contributed by atoms with E-state index in [-0.39, 0.29) is 11.4 Å². The largest absolute Gasteiger partial charge is 0.351 e. The van der Waals surface area contributed by atoms with Gasteiger partial charge < -0.3 is 10.6 Å². The molecule has 1 saturated heterocycles. The molecule has 0 saturated carbocycles. The van der Waals surface area contributed by atoms with Gasteiger partial charge >= 0.3 is 6.03 Å². The first-order valence-electron chi connectivity index (χ1n) is 8.07. The minimum Gasteiger partial charge on any atom is -0.351 e. The lowest BCUT2D eigenvalue weighted by atomic mass is 9.82. The number of nitrogens with zero attached hydrogens (tertiary/aromatic N) is 5. The van der Waals surface area contributed by atoms with Gasteiger partial charge in [0.2, 0.25) is 0 Å². The number of primary amides is 1. The van der Waals surface area contributed by atoms with Crippen molar-refractivity contribution in [3.05, 3.63) is 30.2 Å². The highest BCUT2D eigenvalue weighted by Gasteiger charge is 2.46. The second-order valence-electron chi connectivity index (χ2n) is 6.71. The van der Waals surface area contributed by atoms with Gasteiger partial charge in [0.15, 0.2) is 5.65 Å². The highest BCUT2D eigenvalue weighted by atomic mass is 16.2. The topological polar surface area (TPSA) is 106 Å². The number of hydrogen-bond acceptors (Lipinski definition) is 4. The van der Waals surface area contributed by atoms with Gasteiger partial charge in [-0.15, -0.1) is 0 Å². The van der Waals surface area contributed by atoms with Crippen molar-refractivity contribution in [3.63, 3.8) is 0 Å². The molecule has 1 fully saturated rings. The highest BCUT2D eigenvalue weighted by Crippen LogP contribution is 2.43. The third kappa shape index (κ3) is 1.79. The highest BCUT2D eigenvalue weighted by molar-refractivity contribution is 5.79. The Balaban J connectivity index is 1.54. The molecular weight excluding hydrogens is 306 g/mol. The van der Waals surface area contributed by atoms with Gasteiger partial charge in [-0.3, -0.25) is 9.78 Å². The van der Waals surface area contributed by atoms with Crippen LogP contribution in [0.1, 0.15) is 18.5 Å². The minimum atomic E-state index is -0.334. The van der Waals surface area contributed by atoms with Crippen molar-refractivity contribution >= 4 is 17.1 Å². The fraction of sp³-hybridized carbons (Fsp3) is 0.375. The Bertz CT molecular complexity index is 958. The van der Waals surface area contributed by atoms with Crippen molar-refractivity contribution < 1.29 is 4.79 Å². The number of aromatic amines is 1. The van der Waals surface area contributed by atoms with Crippen molar-refractivity contribution in [1.82, 2.24) is 29.9 Å². The van der Waals surface area contributed by atoms with Gasteiger partial charge in [0.1, 0.15) is 0 Å². The molecule has 2 amide bonds. The average molecular weight is 323 g/mol. The van der Waals surface area contributed by atoms with Gasteiger partial charge in [0, 0.05) is 47.9 Å². The minimum absolute atomic E-state index is 0.00650. The Kier molecular flexibility index (Phi) is 2.57. The van der Waals surface area contributed by atoms with Gasteiger partial charge in [0.05, 0.1) is 11.9 Å². The number of nitrogens with one attached hydrogen (secondary N) is 1. The molecule has 3 N–H and O–H groups in total. The first-order valence-corrected chi connectivity index (χ1v) is 8.07. The normalized spacial score (nSPS) is 22.6. The number of aryl methyl sites for hydroxylation is 1. The van der Waals surface area contributed by atoms with E-state index in [0.29, 0.717) is 6.54 Å². The van der Waals surface area contributed by atoms with Crippen molar-refractivity contribution in [2.75, 3.05) is 13.1 Å². The Morgan fingerprint density at radius 3 is 2.96 bits per heavy atom. The van der Waals surface area contributed by atoms with Crippen molar-refractivity contribution in [2.24, 2.45) is 5.73 Å². The zero-order valence-electron chi connectivity index (χ0n) is 13.1. The molecule has 3 aromatic heterocycles. The number of rotatable bonds is 1. The lowest BCUT2D eigenvalue weighted by Crippen LogP contribution is -2.36. The molecule has 1 atom stereocenters. The first-order chi connectivity index (χ1) is 11.6. The van der Waals surface area contributed by atoms with Crippen molar-refractivity contribution in [1.29, 1.82) is 0 Å². The molecule has 8 heteroatoms. The molecule has 122 valence electrons. The molecule has 5 heterocycles. The van der Waals surface area contributed by atoms with Crippen LogP contribution in [-0.4, -0.2) is 49.0 Å². The zero-order chi connectivity index (χ0) is 16.3. The van der Waals surface area contributed by atoms with Crippen LogP contribution in [-0.2, 0) is 12.0 Å². The molecule has 2 aliphatic rings. The molecule has 2 aliphatic heterocycles. The Morgan fingerprint density at radius 2 is 2.12 bits per heavy atom. The molecule has 0 aliphatic carbocycles. The van der Waals surface area contributed by atoms with E-state index in [9.17, 15) is 4.79 Å². The van der Waals surface area contributed by atoms with E-state index >= 15 is 0 Å². The van der Waals surface area contributed by atoms with Gasteiger partial charge in [-0.1, -0.05) is 0 Å². The lowest BCUT2D eigenvalue weighted by molar-refractivity contribution is 0.215. The SMILES string of the molecule is NC(=O)N1CCC2(CCn3nc(-c4cnc5[nH]ncc5c4)cc32)C1. The second-order valence-corrected chi connectivity index (χ2v) is 6.71. The van der Waals surface area contributed by atoms with Gasteiger partial charge in [-0.05, 0) is 25.0 Å². The number of urea groups is 1. The van der Waals surface area contributed by atoms with Crippen molar-refractivity contribution in [3.8, 4) is 11.3 Å². The van der Waals surface area contributed by atoms with E-state index in [1.807, 2.05) is 12.3 Å². The number of amides is 2. The van der Waals surface area contributed by atoms with Crippen LogP contribution in [0.3, 0.4) is 0 Å². The van der Waals surface area contributed by atoms with Crippen LogP contribution in [0.2, 0.25) is 0 Å². The molecule has 0 aromatic carbocycles. The average Bonchev–Trinajstić information content (AvgIpc) is 3.32. The van der Waals surface area contributed by atoms with E-state index in [4.69, 9.17) is 10.8 Å². The van der Waals surface area contributed by atoms with E-state index in [2.05, 4.69) is 25.9 Å². The fourth-order valence-corrected chi connectivity index (χ4v) is 4.05. The molecule has 5 rings (SSSR count). The summed E-state index contributed by atoms with van der Waals surface area (Å²) in [7, 11) is 0. The maximum Gasteiger partial charge on any atom is 0.314 e. The molecule has 24 heavy (non-hydrogen) atoms. The summed E-state index contributed by atoms with van der Waals surface area (Å²) in [5.74, 6) is 0. The molecular formula is C16H17N7O. The summed E-state index contributed by atoms with van der Waals surface area (Å²) in [4.78, 5) is 17.6. The van der Waals surface area contributed by atoms with E-state index in [0.717, 1.165) is 48.2 Å². The maximum absolute atomic E-state index is 11.5. The molecule has 8 nitrogen and oxygen atoms in total. The summed E-state index contributed by atoms with van der Waals surface area (Å²) >= 11 is 0. The zero-order valence-corrected chi connectivity index (χ0v) is 13.1. The lowest BCUT2D eigenvalue weighted by Gasteiger charge is -2.22. The van der Waals surface area contributed by atoms with E-state index in [1.165, 1.54) is 5.69 Å². The number of fused-ring (bicyclic) bond motifs is 3. The van der Waals surface area contributed by atoms with E-state index < -0.39 is 0 Å². The number of nitrogens with two attached hydrogens (primary N) is 1. The second kappa shape index (κ2) is 4.56. The van der Waals surface area contributed by atoms with Gasteiger partial charge in [-0.25, -0.2) is 9.78 Å². The van der Waals surface area contributed by atoms with Crippen molar-refractivity contribution in [2.45, 2.75) is 24.8 Å². The Labute approximate surface area is 137 Å². The fourth-order valence-electron chi connectivity index (χ4n) is 4.05. The maximum atomic E-state index is 11.5. The summed E-state index contributed by atoms with van der Waals surface area (Å²) in [5.41, 5.74) is 9.32. The summed E-state index contributed by atoms with van der Waals surface area (Å²) in [6.45, 7) is 2.29. The predicted molar refractivity (Wildman–Crippen MR) is 87.2 cm³/mol. The van der Waals surface area contributed by atoms with Crippen LogP contribution in [0.25, 0.3) is 22.3 Å². The first kappa shape index (κ1) is 13.5. The molecule has 1 unspecified atom stereocenters. The molecule has 3 aromatic rings. The van der Waals surface area contributed by atoms with Crippen LogP contribution >= 0.6 is 0 Å². The van der Waals surface area contributed by atoms with Crippen LogP contribution in [0.4, 0.5) is 4.79 Å². The van der Waals surface area contributed by atoms with Crippen LogP contribution in [0.5, 0.6) is 0 Å². The number of carbonyl (C=O) groups excluding carboxylic acids is 1. The third-order valence-corrected chi connectivity index (χ3v) is 5.38. The van der Waals surface area contributed by atoms with Gasteiger partial charge in [-0.2, -0.15) is 10.2 Å². The van der Waals surface area contributed by atoms with Gasteiger partial charge in [0.25, 0.3) is 0 Å². The summed E-state index contributed by atoms with van der Waals surface area (Å²) in [5, 5.41) is 12.6. The Morgan fingerprint density at radius 1 is 1.25 bits per heavy atom. The van der Waals surface area contributed by atoms with Crippen LogP contribution in [0.15, 0.2) is 24.5 Å². The number of carbonyl (C=O) groups is 1. The molecule has 1 spiro atoms. The van der Waals surface area contributed by atoms with E-state index in [1.54, 1.807) is 11.1 Å².